The van der Waals surface area contributed by atoms with Crippen LogP contribution in [-0.2, 0) is 10.0 Å². The van der Waals surface area contributed by atoms with Crippen molar-refractivity contribution in [3.8, 4) is 0 Å². The van der Waals surface area contributed by atoms with E-state index in [-0.39, 0.29) is 6.04 Å². The lowest BCUT2D eigenvalue weighted by Gasteiger charge is -2.32. The van der Waals surface area contributed by atoms with E-state index in [0.717, 1.165) is 21.5 Å². The van der Waals surface area contributed by atoms with Crippen LogP contribution in [0.2, 0.25) is 0 Å². The normalized spacial score (nSPS) is 22.1. The monoisotopic (exact) mass is 349 g/mol. The van der Waals surface area contributed by atoms with Crippen molar-refractivity contribution in [2.75, 3.05) is 18.1 Å². The summed E-state index contributed by atoms with van der Waals surface area (Å²) in [5, 5.41) is 0. The second kappa shape index (κ2) is 5.53. The van der Waals surface area contributed by atoms with Gasteiger partial charge in [0.1, 0.15) is 0 Å². The van der Waals surface area contributed by atoms with Crippen LogP contribution in [0.15, 0.2) is 27.6 Å². The maximum absolute atomic E-state index is 12.7. The molecular weight excluding hydrogens is 334 g/mol. The molecule has 1 heterocycles. The highest BCUT2D eigenvalue weighted by Crippen LogP contribution is 2.28. The Balaban J connectivity index is 2.44. The average molecular weight is 350 g/mol. The Bertz CT molecular complexity index is 545. The Hall–Kier alpha value is -0.0400. The van der Waals surface area contributed by atoms with E-state index in [0.29, 0.717) is 11.4 Å². The molecule has 1 saturated heterocycles. The lowest BCUT2D eigenvalue weighted by atomic mass is 10.2. The summed E-state index contributed by atoms with van der Waals surface area (Å²) >= 11 is 5.15. The third kappa shape index (κ3) is 2.76. The van der Waals surface area contributed by atoms with Gasteiger partial charge in [0, 0.05) is 28.6 Å². The molecule has 0 radical (unpaired) electrons. The van der Waals surface area contributed by atoms with Gasteiger partial charge in [-0.05, 0) is 31.5 Å². The number of nitrogens with zero attached hydrogens (tertiary/aromatic N) is 1. The van der Waals surface area contributed by atoms with Gasteiger partial charge in [0.25, 0.3) is 0 Å². The van der Waals surface area contributed by atoms with Crippen molar-refractivity contribution in [3.05, 3.63) is 28.2 Å². The van der Waals surface area contributed by atoms with Crippen molar-refractivity contribution in [3.63, 3.8) is 0 Å². The zero-order valence-electron chi connectivity index (χ0n) is 10.4. The van der Waals surface area contributed by atoms with E-state index in [4.69, 9.17) is 0 Å². The smallest absolute Gasteiger partial charge is 0.207 e. The molecular formula is C12H16BrNO2S2. The van der Waals surface area contributed by atoms with Crippen molar-refractivity contribution >= 4 is 37.7 Å². The first-order valence-corrected chi connectivity index (χ1v) is 9.17. The zero-order chi connectivity index (χ0) is 13.3. The Morgan fingerprint density at radius 2 is 2.17 bits per heavy atom. The maximum atomic E-state index is 12.7. The van der Waals surface area contributed by atoms with Gasteiger partial charge in [0.15, 0.2) is 0 Å². The minimum absolute atomic E-state index is 0.0622. The molecule has 18 heavy (non-hydrogen) atoms. The first-order valence-electron chi connectivity index (χ1n) is 5.78. The van der Waals surface area contributed by atoms with Crippen LogP contribution in [0.3, 0.4) is 0 Å². The Morgan fingerprint density at radius 1 is 1.44 bits per heavy atom. The van der Waals surface area contributed by atoms with Crippen molar-refractivity contribution < 1.29 is 8.42 Å². The van der Waals surface area contributed by atoms with Gasteiger partial charge in [0.05, 0.1) is 4.90 Å². The second-order valence-corrected chi connectivity index (χ2v) is 8.37. The van der Waals surface area contributed by atoms with Crippen LogP contribution in [0.25, 0.3) is 0 Å². The number of halogens is 1. The van der Waals surface area contributed by atoms with Gasteiger partial charge >= 0.3 is 0 Å². The van der Waals surface area contributed by atoms with Gasteiger partial charge in [0.2, 0.25) is 10.0 Å². The molecule has 1 unspecified atom stereocenters. The number of hydrogen-bond acceptors (Lipinski definition) is 3. The molecule has 1 atom stereocenters. The first-order chi connectivity index (χ1) is 8.43. The van der Waals surface area contributed by atoms with Crippen molar-refractivity contribution in [2.45, 2.75) is 24.8 Å². The largest absolute Gasteiger partial charge is 0.243 e. The first kappa shape index (κ1) is 14.4. The molecule has 0 bridgehead atoms. The van der Waals surface area contributed by atoms with E-state index in [2.05, 4.69) is 15.9 Å². The second-order valence-electron chi connectivity index (χ2n) is 4.45. The number of benzene rings is 1. The van der Waals surface area contributed by atoms with Crippen LogP contribution in [-0.4, -0.2) is 36.8 Å². The lowest BCUT2D eigenvalue weighted by molar-refractivity contribution is 0.367. The van der Waals surface area contributed by atoms with E-state index in [9.17, 15) is 8.42 Å². The third-order valence-electron chi connectivity index (χ3n) is 3.04. The molecule has 0 spiro atoms. The number of sulfonamides is 1. The Labute approximate surface area is 121 Å². The summed E-state index contributed by atoms with van der Waals surface area (Å²) in [6.07, 6.45) is 0. The van der Waals surface area contributed by atoms with Crippen LogP contribution in [0.5, 0.6) is 0 Å². The molecule has 3 nitrogen and oxygen atoms in total. The number of hydrogen-bond donors (Lipinski definition) is 0. The molecule has 1 aromatic rings. The van der Waals surface area contributed by atoms with E-state index in [1.54, 1.807) is 10.4 Å². The Morgan fingerprint density at radius 3 is 2.83 bits per heavy atom. The SMILES string of the molecule is Cc1ccc(Br)cc1S(=O)(=O)N1CCSCC1C. The minimum Gasteiger partial charge on any atom is -0.207 e. The van der Waals surface area contributed by atoms with Gasteiger partial charge in [-0.3, -0.25) is 0 Å². The number of rotatable bonds is 2. The molecule has 0 aromatic heterocycles. The summed E-state index contributed by atoms with van der Waals surface area (Å²) in [6.45, 7) is 4.40. The van der Waals surface area contributed by atoms with E-state index in [1.807, 2.05) is 37.7 Å². The van der Waals surface area contributed by atoms with Gasteiger partial charge < -0.3 is 0 Å². The number of aryl methyl sites for hydroxylation is 1. The van der Waals surface area contributed by atoms with Crippen LogP contribution in [0.1, 0.15) is 12.5 Å². The Kier molecular flexibility index (Phi) is 4.41. The van der Waals surface area contributed by atoms with E-state index < -0.39 is 10.0 Å². The van der Waals surface area contributed by atoms with Crippen molar-refractivity contribution in [1.29, 1.82) is 0 Å². The molecule has 2 rings (SSSR count). The molecule has 1 aliphatic heterocycles. The third-order valence-corrected chi connectivity index (χ3v) is 6.88. The molecule has 1 aromatic carbocycles. The van der Waals surface area contributed by atoms with E-state index >= 15 is 0 Å². The quantitative estimate of drug-likeness (QED) is 0.823. The highest BCUT2D eigenvalue weighted by molar-refractivity contribution is 9.10. The fourth-order valence-electron chi connectivity index (χ4n) is 2.05. The van der Waals surface area contributed by atoms with Crippen LogP contribution in [0, 0.1) is 6.92 Å². The highest BCUT2D eigenvalue weighted by atomic mass is 79.9. The van der Waals surface area contributed by atoms with Gasteiger partial charge in [-0.25, -0.2) is 8.42 Å². The zero-order valence-corrected chi connectivity index (χ0v) is 13.6. The molecule has 0 amide bonds. The molecule has 1 fully saturated rings. The molecule has 1 aliphatic rings. The molecule has 100 valence electrons. The predicted octanol–water partition coefficient (Wildman–Crippen LogP) is 2.88. The van der Waals surface area contributed by atoms with Crippen LogP contribution >= 0.6 is 27.7 Å². The van der Waals surface area contributed by atoms with Gasteiger partial charge in [-0.1, -0.05) is 22.0 Å². The molecule has 0 saturated carbocycles. The topological polar surface area (TPSA) is 37.4 Å². The fourth-order valence-corrected chi connectivity index (χ4v) is 5.67. The van der Waals surface area contributed by atoms with Crippen molar-refractivity contribution in [2.24, 2.45) is 0 Å². The summed E-state index contributed by atoms with van der Waals surface area (Å²) < 4.78 is 27.8. The molecule has 0 aliphatic carbocycles. The lowest BCUT2D eigenvalue weighted by Crippen LogP contribution is -2.44. The maximum Gasteiger partial charge on any atom is 0.243 e. The summed E-state index contributed by atoms with van der Waals surface area (Å²) in [6, 6.07) is 5.45. The van der Waals surface area contributed by atoms with Crippen molar-refractivity contribution in [1.82, 2.24) is 4.31 Å². The van der Waals surface area contributed by atoms with Crippen LogP contribution in [0.4, 0.5) is 0 Å². The van der Waals surface area contributed by atoms with Crippen LogP contribution < -0.4 is 0 Å². The summed E-state index contributed by atoms with van der Waals surface area (Å²) in [5.41, 5.74) is 0.795. The van der Waals surface area contributed by atoms with Gasteiger partial charge in [-0.2, -0.15) is 16.1 Å². The van der Waals surface area contributed by atoms with E-state index in [1.165, 1.54) is 0 Å². The molecule has 0 N–H and O–H groups in total. The minimum atomic E-state index is -3.37. The summed E-state index contributed by atoms with van der Waals surface area (Å²) in [7, 11) is -3.37. The fraction of sp³-hybridized carbons (Fsp3) is 0.500. The summed E-state index contributed by atoms with van der Waals surface area (Å²) in [5.74, 6) is 1.74. The highest BCUT2D eigenvalue weighted by Gasteiger charge is 2.32. The predicted molar refractivity (Wildman–Crippen MR) is 79.6 cm³/mol. The summed E-state index contributed by atoms with van der Waals surface area (Å²) in [4.78, 5) is 0.413. The van der Waals surface area contributed by atoms with Gasteiger partial charge in [-0.15, -0.1) is 0 Å². The standard InChI is InChI=1S/C12H16BrNO2S2/c1-9-3-4-11(13)7-12(9)18(15,16)14-5-6-17-8-10(14)2/h3-4,7,10H,5-6,8H2,1-2H3. The average Bonchev–Trinajstić information content (AvgIpc) is 2.32. The molecule has 6 heteroatoms. The number of thioether (sulfide) groups is 1.